The van der Waals surface area contributed by atoms with E-state index in [0.29, 0.717) is 24.0 Å². The maximum Gasteiger partial charge on any atom is 0.286 e. The van der Waals surface area contributed by atoms with Crippen molar-refractivity contribution in [2.45, 2.75) is 38.2 Å². The number of fused-ring (bicyclic) bond motifs is 1. The Kier molecular flexibility index (Phi) is 6.72. The van der Waals surface area contributed by atoms with E-state index in [0.717, 1.165) is 24.1 Å². The highest BCUT2D eigenvalue weighted by Gasteiger charge is 2.50. The lowest BCUT2D eigenvalue weighted by Crippen LogP contribution is -2.46. The number of rotatable bonds is 8. The number of aliphatic hydroxyl groups is 1. The van der Waals surface area contributed by atoms with Crippen LogP contribution in [0.4, 0.5) is 17.6 Å². The molecule has 1 saturated heterocycles. The molecule has 1 aliphatic heterocycles. The first-order chi connectivity index (χ1) is 18.1. The molecule has 202 valence electrons. The van der Waals surface area contributed by atoms with Crippen molar-refractivity contribution in [3.8, 4) is 17.0 Å². The molecule has 9 nitrogen and oxygen atoms in total. The molecule has 3 heterocycles. The number of nitrogens with one attached hydrogen (secondary N) is 2. The summed E-state index contributed by atoms with van der Waals surface area (Å²) in [5, 5.41) is 11.3. The first-order valence-electron chi connectivity index (χ1n) is 12.0. The van der Waals surface area contributed by atoms with Gasteiger partial charge in [-0.1, -0.05) is 0 Å². The Morgan fingerprint density at radius 1 is 1.29 bits per heavy atom. The van der Waals surface area contributed by atoms with Crippen molar-refractivity contribution in [1.82, 2.24) is 25.2 Å². The van der Waals surface area contributed by atoms with Gasteiger partial charge in [0.2, 0.25) is 5.91 Å². The molecular formula is C25H25F4N5O4. The summed E-state index contributed by atoms with van der Waals surface area (Å²) < 4.78 is 62.0. The van der Waals surface area contributed by atoms with Crippen molar-refractivity contribution < 1.29 is 37.0 Å². The Hall–Kier alpha value is -3.74. The third kappa shape index (κ3) is 4.89. The Balaban J connectivity index is 1.50. The van der Waals surface area contributed by atoms with Gasteiger partial charge in [-0.2, -0.15) is 0 Å². The summed E-state index contributed by atoms with van der Waals surface area (Å²) in [6, 6.07) is 2.33. The fourth-order valence-corrected chi connectivity index (χ4v) is 4.54. The number of aryl methyl sites for hydroxylation is 1. The number of hydrogen-bond donors (Lipinski definition) is 3. The van der Waals surface area contributed by atoms with Crippen molar-refractivity contribution in [3.63, 3.8) is 0 Å². The molecule has 2 fully saturated rings. The summed E-state index contributed by atoms with van der Waals surface area (Å²) >= 11 is 0. The lowest BCUT2D eigenvalue weighted by molar-refractivity contribution is -0.134. The molecule has 1 aromatic carbocycles. The first kappa shape index (κ1) is 25.9. The number of nitrogens with zero attached hydrogens (tertiary/aromatic N) is 3. The van der Waals surface area contributed by atoms with Crippen molar-refractivity contribution in [1.29, 1.82) is 0 Å². The minimum atomic E-state index is -3.41. The number of benzene rings is 1. The van der Waals surface area contributed by atoms with Crippen LogP contribution >= 0.6 is 0 Å². The average Bonchev–Trinajstić information content (AvgIpc) is 3.58. The third-order valence-corrected chi connectivity index (χ3v) is 6.79. The van der Waals surface area contributed by atoms with Gasteiger partial charge in [-0.05, 0) is 43.9 Å². The molecule has 13 heteroatoms. The predicted octanol–water partition coefficient (Wildman–Crippen LogP) is 3.23. The van der Waals surface area contributed by atoms with Crippen LogP contribution in [-0.2, 0) is 4.79 Å². The Morgan fingerprint density at radius 3 is 2.74 bits per heavy atom. The van der Waals surface area contributed by atoms with Gasteiger partial charge in [0.25, 0.3) is 18.3 Å². The molecule has 3 aromatic rings. The van der Waals surface area contributed by atoms with Gasteiger partial charge in [-0.25, -0.2) is 27.5 Å². The van der Waals surface area contributed by atoms with Crippen LogP contribution in [0.25, 0.3) is 22.3 Å². The molecule has 1 atom stereocenters. The highest BCUT2D eigenvalue weighted by atomic mass is 19.3. The second-order valence-electron chi connectivity index (χ2n) is 9.60. The van der Waals surface area contributed by atoms with Gasteiger partial charge in [0.15, 0.2) is 0 Å². The average molecular weight is 535 g/mol. The number of ether oxygens (including phenoxy) is 1. The number of H-pyrrole nitrogens is 1. The molecule has 0 bridgehead atoms. The van der Waals surface area contributed by atoms with E-state index in [9.17, 15) is 27.2 Å². The van der Waals surface area contributed by atoms with Crippen molar-refractivity contribution >= 4 is 22.8 Å². The monoisotopic (exact) mass is 535 g/mol. The van der Waals surface area contributed by atoms with Gasteiger partial charge in [-0.15, -0.1) is 0 Å². The van der Waals surface area contributed by atoms with Gasteiger partial charge < -0.3 is 25.0 Å². The van der Waals surface area contributed by atoms with E-state index in [1.165, 1.54) is 18.2 Å². The zero-order chi connectivity index (χ0) is 27.2. The van der Waals surface area contributed by atoms with Gasteiger partial charge in [0, 0.05) is 23.4 Å². The number of hydrogen-bond acceptors (Lipinski definition) is 6. The number of likely N-dealkylation sites (tertiary alicyclic amines) is 1. The van der Waals surface area contributed by atoms with Crippen LogP contribution in [0.1, 0.15) is 40.9 Å². The Labute approximate surface area is 214 Å². The smallest absolute Gasteiger partial charge is 0.286 e. The zero-order valence-electron chi connectivity index (χ0n) is 20.3. The molecule has 5 rings (SSSR count). The Bertz CT molecular complexity index is 1390. The standard InChI is InChI=1S/C25H25F4N5O4/c1-12-19(24(37)33-17-7-34(18(36)8-35)10-25(17,28)29)21-22(32-12)20(30-11-31-21)15-6-14(23(26)27)4-5-16(15)38-9-13-2-3-13/h4-6,11,13,17,23,32,35H,2-3,7-10H2,1H3,(H,33,37). The summed E-state index contributed by atoms with van der Waals surface area (Å²) in [5.41, 5.74) is 0.919. The lowest BCUT2D eigenvalue weighted by Gasteiger charge is -2.18. The fraction of sp³-hybridized carbons (Fsp3) is 0.440. The maximum absolute atomic E-state index is 14.5. The summed E-state index contributed by atoms with van der Waals surface area (Å²) in [5.74, 6) is -4.38. The minimum Gasteiger partial charge on any atom is -0.493 e. The van der Waals surface area contributed by atoms with E-state index in [1.54, 1.807) is 6.92 Å². The highest BCUT2D eigenvalue weighted by Crippen LogP contribution is 2.38. The topological polar surface area (TPSA) is 120 Å². The molecular weight excluding hydrogens is 510 g/mol. The largest absolute Gasteiger partial charge is 0.493 e. The van der Waals surface area contributed by atoms with Gasteiger partial charge in [0.1, 0.15) is 35.9 Å². The molecule has 2 aliphatic rings. The molecule has 1 aliphatic carbocycles. The normalized spacial score (nSPS) is 18.8. The van der Waals surface area contributed by atoms with Crippen LogP contribution in [0.5, 0.6) is 5.75 Å². The molecule has 3 N–H and O–H groups in total. The van der Waals surface area contributed by atoms with E-state index >= 15 is 0 Å². The number of carbonyl (C=O) groups is 2. The second-order valence-corrected chi connectivity index (χ2v) is 9.60. The number of alkyl halides is 4. The van der Waals surface area contributed by atoms with Gasteiger partial charge in [0.05, 0.1) is 24.2 Å². The van der Waals surface area contributed by atoms with Crippen LogP contribution in [0.2, 0.25) is 0 Å². The van der Waals surface area contributed by atoms with Crippen LogP contribution in [0, 0.1) is 12.8 Å². The van der Waals surface area contributed by atoms with Crippen LogP contribution < -0.4 is 10.1 Å². The van der Waals surface area contributed by atoms with Gasteiger partial charge >= 0.3 is 0 Å². The lowest BCUT2D eigenvalue weighted by atomic mass is 10.0. The number of halogens is 4. The zero-order valence-corrected chi connectivity index (χ0v) is 20.3. The summed E-state index contributed by atoms with van der Waals surface area (Å²) in [7, 11) is 0. The van der Waals surface area contributed by atoms with Crippen molar-refractivity contribution in [2.24, 2.45) is 5.92 Å². The SMILES string of the molecule is Cc1[nH]c2c(-c3cc(C(F)F)ccc3OCC3CC3)ncnc2c1C(=O)NC1CN(C(=O)CO)CC1(F)F. The summed E-state index contributed by atoms with van der Waals surface area (Å²) in [6.07, 6.45) is 0.485. The molecule has 0 radical (unpaired) electrons. The van der Waals surface area contributed by atoms with Crippen molar-refractivity contribution in [3.05, 3.63) is 41.3 Å². The summed E-state index contributed by atoms with van der Waals surface area (Å²) in [4.78, 5) is 37.1. The quantitative estimate of drug-likeness (QED) is 0.381. The van der Waals surface area contributed by atoms with E-state index in [1.807, 2.05) is 0 Å². The number of carbonyl (C=O) groups excluding carboxylic acids is 2. The molecule has 2 amide bonds. The Morgan fingerprint density at radius 2 is 2.05 bits per heavy atom. The van der Waals surface area contributed by atoms with E-state index in [4.69, 9.17) is 9.84 Å². The predicted molar refractivity (Wildman–Crippen MR) is 127 cm³/mol. The van der Waals surface area contributed by atoms with E-state index in [-0.39, 0.29) is 33.4 Å². The molecule has 1 saturated carbocycles. The van der Waals surface area contributed by atoms with Crippen molar-refractivity contribution in [2.75, 3.05) is 26.3 Å². The third-order valence-electron chi connectivity index (χ3n) is 6.79. The molecule has 1 unspecified atom stereocenters. The molecule has 2 aromatic heterocycles. The number of aromatic amines is 1. The number of aliphatic hydroxyl groups excluding tert-OH is 1. The van der Waals surface area contributed by atoms with Crippen LogP contribution in [0.15, 0.2) is 24.5 Å². The molecule has 38 heavy (non-hydrogen) atoms. The highest BCUT2D eigenvalue weighted by molar-refractivity contribution is 6.09. The second kappa shape index (κ2) is 9.86. The number of aromatic nitrogens is 3. The van der Waals surface area contributed by atoms with E-state index in [2.05, 4.69) is 20.3 Å². The maximum atomic E-state index is 14.5. The number of amides is 2. The van der Waals surface area contributed by atoms with Crippen LogP contribution in [-0.4, -0.2) is 75.0 Å². The minimum absolute atomic E-state index is 0.0168. The van der Waals surface area contributed by atoms with Gasteiger partial charge in [-0.3, -0.25) is 9.59 Å². The van der Waals surface area contributed by atoms with Crippen LogP contribution in [0.3, 0.4) is 0 Å². The molecule has 0 spiro atoms. The summed E-state index contributed by atoms with van der Waals surface area (Å²) in [6.45, 7) is -0.341. The fourth-order valence-electron chi connectivity index (χ4n) is 4.54. The van der Waals surface area contributed by atoms with E-state index < -0.39 is 49.9 Å². The first-order valence-corrected chi connectivity index (χ1v) is 12.0.